The minimum atomic E-state index is -0.234. The van der Waals surface area contributed by atoms with Crippen LogP contribution in [0.25, 0.3) is 0 Å². The van der Waals surface area contributed by atoms with Crippen molar-refractivity contribution in [2.45, 2.75) is 71.9 Å². The Morgan fingerprint density at radius 1 is 1.23 bits per heavy atom. The first-order valence-electron chi connectivity index (χ1n) is 9.43. The zero-order chi connectivity index (χ0) is 18.9. The second-order valence-corrected chi connectivity index (χ2v) is 7.66. The first-order chi connectivity index (χ1) is 12.3. The minimum Gasteiger partial charge on any atom is -0.441 e. The van der Waals surface area contributed by atoms with E-state index in [2.05, 4.69) is 55.4 Å². The number of aryl methyl sites for hydroxylation is 4. The van der Waals surface area contributed by atoms with Gasteiger partial charge in [0, 0.05) is 5.69 Å². The molecule has 5 heteroatoms. The molecule has 26 heavy (non-hydrogen) atoms. The second kappa shape index (κ2) is 7.14. The Balaban J connectivity index is 1.80. The first-order valence-corrected chi connectivity index (χ1v) is 9.43. The van der Waals surface area contributed by atoms with Crippen LogP contribution in [-0.4, -0.2) is 22.5 Å². The fraction of sp³-hybridized carbons (Fsp3) is 0.524. The van der Waals surface area contributed by atoms with Gasteiger partial charge in [-0.05, 0) is 58.1 Å². The molecule has 0 bridgehead atoms. The summed E-state index contributed by atoms with van der Waals surface area (Å²) in [7, 11) is 0. The minimum absolute atomic E-state index is 0.0484. The summed E-state index contributed by atoms with van der Waals surface area (Å²) in [5, 5.41) is 6.94. The van der Waals surface area contributed by atoms with Crippen LogP contribution in [0.2, 0.25) is 0 Å². The number of hydrogen-bond acceptors (Lipinski definition) is 4. The Kier molecular flexibility index (Phi) is 5.08. The Labute approximate surface area is 155 Å². The van der Waals surface area contributed by atoms with Gasteiger partial charge in [0.2, 0.25) is 0 Å². The highest BCUT2D eigenvalue weighted by Gasteiger charge is 2.50. The Morgan fingerprint density at radius 2 is 1.88 bits per heavy atom. The summed E-state index contributed by atoms with van der Waals surface area (Å²) in [4.78, 5) is 16.7. The highest BCUT2D eigenvalue weighted by atomic mass is 16.4. The number of nitrogens with zero attached hydrogens (tertiary/aromatic N) is 1. The van der Waals surface area contributed by atoms with Crippen molar-refractivity contribution >= 4 is 11.6 Å². The molecule has 3 rings (SSSR count). The van der Waals surface area contributed by atoms with Crippen molar-refractivity contribution in [3.05, 3.63) is 46.7 Å². The van der Waals surface area contributed by atoms with Crippen LogP contribution in [0.4, 0.5) is 5.69 Å². The highest BCUT2D eigenvalue weighted by molar-refractivity contribution is 5.90. The lowest BCUT2D eigenvalue weighted by Gasteiger charge is -2.31. The molecule has 1 aromatic carbocycles. The van der Waals surface area contributed by atoms with E-state index in [1.165, 1.54) is 28.6 Å². The maximum atomic E-state index is 12.6. The van der Waals surface area contributed by atoms with Crippen molar-refractivity contribution in [2.24, 2.45) is 0 Å². The van der Waals surface area contributed by atoms with E-state index >= 15 is 0 Å². The largest absolute Gasteiger partial charge is 0.441 e. The van der Waals surface area contributed by atoms with E-state index < -0.39 is 0 Å². The number of benzene rings is 1. The summed E-state index contributed by atoms with van der Waals surface area (Å²) in [6.45, 7) is 10.4. The van der Waals surface area contributed by atoms with Gasteiger partial charge in [-0.1, -0.05) is 31.0 Å². The van der Waals surface area contributed by atoms with E-state index in [1.807, 2.05) is 6.92 Å². The van der Waals surface area contributed by atoms with Gasteiger partial charge >= 0.3 is 5.91 Å². The molecule has 1 fully saturated rings. The maximum absolute atomic E-state index is 12.6. The molecule has 0 aliphatic heterocycles. The molecule has 2 N–H and O–H groups in total. The van der Waals surface area contributed by atoms with E-state index in [0.29, 0.717) is 5.69 Å². The van der Waals surface area contributed by atoms with Gasteiger partial charge in [0.15, 0.2) is 0 Å². The Bertz CT molecular complexity index is 782. The van der Waals surface area contributed by atoms with E-state index in [0.717, 1.165) is 25.7 Å². The van der Waals surface area contributed by atoms with Crippen molar-refractivity contribution in [3.63, 3.8) is 0 Å². The molecular weight excluding hydrogens is 326 g/mol. The maximum Gasteiger partial charge on any atom is 0.307 e. The number of nitrogens with one attached hydrogen (secondary N) is 2. The predicted molar refractivity (Wildman–Crippen MR) is 104 cm³/mol. The van der Waals surface area contributed by atoms with Gasteiger partial charge in [0.1, 0.15) is 6.26 Å². The number of hydrogen-bond donors (Lipinski definition) is 2. The first kappa shape index (κ1) is 18.5. The number of rotatable bonds is 7. The van der Waals surface area contributed by atoms with E-state index in [9.17, 15) is 4.79 Å². The fourth-order valence-corrected chi connectivity index (χ4v) is 3.77. The van der Waals surface area contributed by atoms with Crippen molar-refractivity contribution < 1.29 is 9.21 Å². The molecule has 5 nitrogen and oxygen atoms in total. The standard InChI is InChI=1S/C21H29N3O2/c1-6-7-17(23-19(25)20-22-16(5)12-26-20)21(8-9-21)24-18-14(3)10-13(2)11-15(18)4/h10-12,17,24H,6-9H2,1-5H3,(H,23,25). The number of amides is 1. The van der Waals surface area contributed by atoms with Gasteiger partial charge in [-0.25, -0.2) is 4.98 Å². The predicted octanol–water partition coefficient (Wildman–Crippen LogP) is 4.45. The molecule has 2 aromatic rings. The number of carbonyl (C=O) groups excluding carboxylic acids is 1. The lowest BCUT2D eigenvalue weighted by molar-refractivity contribution is 0.0892. The third kappa shape index (κ3) is 3.76. The third-order valence-corrected chi connectivity index (χ3v) is 5.20. The normalized spacial score (nSPS) is 16.2. The topological polar surface area (TPSA) is 67.2 Å². The van der Waals surface area contributed by atoms with Crippen LogP contribution < -0.4 is 10.6 Å². The second-order valence-electron chi connectivity index (χ2n) is 7.66. The average Bonchev–Trinajstić information content (AvgIpc) is 3.23. The fourth-order valence-electron chi connectivity index (χ4n) is 3.77. The van der Waals surface area contributed by atoms with Gasteiger partial charge in [0.25, 0.3) is 5.89 Å². The summed E-state index contributed by atoms with van der Waals surface area (Å²) in [6.07, 6.45) is 5.53. The molecule has 1 saturated carbocycles. The molecule has 1 aromatic heterocycles. The highest BCUT2D eigenvalue weighted by Crippen LogP contribution is 2.44. The zero-order valence-electron chi connectivity index (χ0n) is 16.4. The van der Waals surface area contributed by atoms with Crippen LogP contribution in [0.3, 0.4) is 0 Å². The summed E-state index contributed by atoms with van der Waals surface area (Å²) in [5.74, 6) is -0.0934. The summed E-state index contributed by atoms with van der Waals surface area (Å²) in [6, 6.07) is 4.45. The molecule has 1 unspecified atom stereocenters. The van der Waals surface area contributed by atoms with Crippen molar-refractivity contribution in [3.8, 4) is 0 Å². The molecule has 0 radical (unpaired) electrons. The van der Waals surface area contributed by atoms with Gasteiger partial charge in [0.05, 0.1) is 17.3 Å². The molecular formula is C21H29N3O2. The Morgan fingerprint density at radius 3 is 2.38 bits per heavy atom. The number of anilines is 1. The molecule has 0 spiro atoms. The molecule has 140 valence electrons. The quantitative estimate of drug-likeness (QED) is 0.770. The van der Waals surface area contributed by atoms with Gasteiger partial charge in [-0.15, -0.1) is 0 Å². The van der Waals surface area contributed by atoms with Crippen molar-refractivity contribution in [1.29, 1.82) is 0 Å². The number of carbonyl (C=O) groups is 1. The summed E-state index contributed by atoms with van der Waals surface area (Å²) < 4.78 is 5.26. The molecule has 1 aliphatic carbocycles. The summed E-state index contributed by atoms with van der Waals surface area (Å²) >= 11 is 0. The smallest absolute Gasteiger partial charge is 0.307 e. The van der Waals surface area contributed by atoms with Crippen LogP contribution >= 0.6 is 0 Å². The van der Waals surface area contributed by atoms with E-state index in [1.54, 1.807) is 0 Å². The van der Waals surface area contributed by atoms with Gasteiger partial charge < -0.3 is 15.1 Å². The lowest BCUT2D eigenvalue weighted by atomic mass is 9.98. The van der Waals surface area contributed by atoms with Crippen molar-refractivity contribution in [2.75, 3.05) is 5.32 Å². The third-order valence-electron chi connectivity index (χ3n) is 5.20. The van der Waals surface area contributed by atoms with Gasteiger partial charge in [-0.2, -0.15) is 0 Å². The van der Waals surface area contributed by atoms with Crippen LogP contribution in [0.15, 0.2) is 22.8 Å². The SMILES string of the molecule is CCCC(NC(=O)c1nc(C)co1)C1(Nc2c(C)cc(C)cc2C)CC1. The molecule has 1 heterocycles. The molecule has 0 saturated heterocycles. The zero-order valence-corrected chi connectivity index (χ0v) is 16.4. The van der Waals surface area contributed by atoms with Gasteiger partial charge in [-0.3, -0.25) is 4.79 Å². The Hall–Kier alpha value is -2.30. The van der Waals surface area contributed by atoms with E-state index in [-0.39, 0.29) is 23.4 Å². The van der Waals surface area contributed by atoms with Crippen LogP contribution in [0.5, 0.6) is 0 Å². The molecule has 1 aliphatic rings. The lowest BCUT2D eigenvalue weighted by Crippen LogP contribution is -2.49. The number of aromatic nitrogens is 1. The summed E-state index contributed by atoms with van der Waals surface area (Å²) in [5.41, 5.74) is 5.59. The van der Waals surface area contributed by atoms with Crippen LogP contribution in [-0.2, 0) is 0 Å². The number of oxazole rings is 1. The average molecular weight is 355 g/mol. The van der Waals surface area contributed by atoms with Crippen molar-refractivity contribution in [1.82, 2.24) is 10.3 Å². The monoisotopic (exact) mass is 355 g/mol. The molecule has 1 atom stereocenters. The van der Waals surface area contributed by atoms with E-state index in [4.69, 9.17) is 4.42 Å². The van der Waals surface area contributed by atoms with Crippen LogP contribution in [0, 0.1) is 27.7 Å². The molecule has 1 amide bonds. The van der Waals surface area contributed by atoms with Crippen LogP contribution in [0.1, 0.15) is 65.7 Å².